The summed E-state index contributed by atoms with van der Waals surface area (Å²) in [5.41, 5.74) is 0.106. The van der Waals surface area contributed by atoms with Crippen molar-refractivity contribution in [1.29, 1.82) is 0 Å². The lowest BCUT2D eigenvalue weighted by Crippen LogP contribution is -2.54. The van der Waals surface area contributed by atoms with Crippen LogP contribution in [0.25, 0.3) is 0 Å². The van der Waals surface area contributed by atoms with Crippen LogP contribution < -0.4 is 4.90 Å². The van der Waals surface area contributed by atoms with E-state index in [4.69, 9.17) is 0 Å². The van der Waals surface area contributed by atoms with Crippen LogP contribution in [0.1, 0.15) is 31.8 Å². The van der Waals surface area contributed by atoms with Crippen LogP contribution >= 0.6 is 11.3 Å². The van der Waals surface area contributed by atoms with E-state index in [9.17, 15) is 15.2 Å². The standard InChI is InChI=1S/C13H21N3O3S/c1-8-6-15(7-9(2)14(8)4)13-11(16(18)19)5-12(20-13)10(3)17/h5,8-10,17H,6-7H2,1-4H3/t8?,9?,10-/m1/s1. The third-order valence-corrected chi connectivity index (χ3v) is 5.32. The molecule has 1 aliphatic heterocycles. The van der Waals surface area contributed by atoms with Gasteiger partial charge in [-0.2, -0.15) is 0 Å². The van der Waals surface area contributed by atoms with E-state index in [0.29, 0.717) is 22.0 Å². The fourth-order valence-electron chi connectivity index (χ4n) is 2.52. The second kappa shape index (κ2) is 5.67. The summed E-state index contributed by atoms with van der Waals surface area (Å²) in [6.07, 6.45) is -0.672. The summed E-state index contributed by atoms with van der Waals surface area (Å²) in [5, 5.41) is 21.5. The van der Waals surface area contributed by atoms with Crippen molar-refractivity contribution in [2.45, 2.75) is 39.0 Å². The zero-order valence-electron chi connectivity index (χ0n) is 12.2. The molecule has 3 atom stereocenters. The minimum absolute atomic E-state index is 0.106. The third-order valence-electron chi connectivity index (χ3n) is 3.97. The van der Waals surface area contributed by atoms with Crippen molar-refractivity contribution in [3.63, 3.8) is 0 Å². The van der Waals surface area contributed by atoms with Crippen molar-refractivity contribution >= 4 is 22.0 Å². The van der Waals surface area contributed by atoms with E-state index in [1.807, 2.05) is 0 Å². The maximum absolute atomic E-state index is 11.2. The van der Waals surface area contributed by atoms with Crippen molar-refractivity contribution in [1.82, 2.24) is 4.90 Å². The molecule has 7 heteroatoms. The van der Waals surface area contributed by atoms with Gasteiger partial charge in [0.2, 0.25) is 0 Å². The molecule has 2 heterocycles. The highest BCUT2D eigenvalue weighted by atomic mass is 32.1. The molecule has 0 aromatic carbocycles. The monoisotopic (exact) mass is 299 g/mol. The van der Waals surface area contributed by atoms with Gasteiger partial charge in [0, 0.05) is 36.1 Å². The normalized spacial score (nSPS) is 25.8. The minimum Gasteiger partial charge on any atom is -0.388 e. The number of hydrogen-bond donors (Lipinski definition) is 1. The molecule has 0 saturated carbocycles. The van der Waals surface area contributed by atoms with Crippen molar-refractivity contribution in [3.8, 4) is 0 Å². The predicted molar refractivity (Wildman–Crippen MR) is 80.5 cm³/mol. The van der Waals surface area contributed by atoms with Crippen LogP contribution in [0.15, 0.2) is 6.07 Å². The average Bonchev–Trinajstić information content (AvgIpc) is 2.80. The first kappa shape index (κ1) is 15.2. The van der Waals surface area contributed by atoms with E-state index >= 15 is 0 Å². The zero-order chi connectivity index (χ0) is 15.0. The summed E-state index contributed by atoms with van der Waals surface area (Å²) < 4.78 is 0. The number of likely N-dealkylation sites (N-methyl/N-ethyl adjacent to an activating group) is 1. The van der Waals surface area contributed by atoms with Crippen LogP contribution in [0.5, 0.6) is 0 Å². The third kappa shape index (κ3) is 2.79. The molecule has 112 valence electrons. The molecule has 20 heavy (non-hydrogen) atoms. The Bertz CT molecular complexity index is 491. The van der Waals surface area contributed by atoms with Crippen LogP contribution in [-0.4, -0.2) is 47.2 Å². The summed E-state index contributed by atoms with van der Waals surface area (Å²) >= 11 is 1.32. The maximum atomic E-state index is 11.2. The summed E-state index contributed by atoms with van der Waals surface area (Å²) in [5.74, 6) is 0. The fourth-order valence-corrected chi connectivity index (χ4v) is 3.60. The highest BCUT2D eigenvalue weighted by Crippen LogP contribution is 2.41. The van der Waals surface area contributed by atoms with Crippen LogP contribution in [0.2, 0.25) is 0 Å². The lowest BCUT2D eigenvalue weighted by atomic mass is 10.1. The molecule has 6 nitrogen and oxygen atoms in total. The quantitative estimate of drug-likeness (QED) is 0.684. The van der Waals surface area contributed by atoms with E-state index in [2.05, 4.69) is 30.7 Å². The van der Waals surface area contributed by atoms with Gasteiger partial charge in [0.15, 0.2) is 5.00 Å². The Labute approximate surface area is 122 Å². The van der Waals surface area contributed by atoms with Crippen molar-refractivity contribution in [2.24, 2.45) is 0 Å². The van der Waals surface area contributed by atoms with Crippen LogP contribution in [-0.2, 0) is 0 Å². The van der Waals surface area contributed by atoms with E-state index in [0.717, 1.165) is 13.1 Å². The summed E-state index contributed by atoms with van der Waals surface area (Å²) in [6.45, 7) is 7.41. The SMILES string of the molecule is CC1CN(c2sc([C@@H](C)O)cc2[N+](=O)[O-])CC(C)N1C. The lowest BCUT2D eigenvalue weighted by Gasteiger charge is -2.42. The first-order valence-corrected chi connectivity index (χ1v) is 7.56. The Kier molecular flexibility index (Phi) is 4.31. The molecule has 1 aliphatic rings. The number of aliphatic hydroxyl groups excluding tert-OH is 1. The Morgan fingerprint density at radius 3 is 2.45 bits per heavy atom. The van der Waals surface area contributed by atoms with Gasteiger partial charge in [-0.15, -0.1) is 11.3 Å². The number of anilines is 1. The van der Waals surface area contributed by atoms with E-state index in [-0.39, 0.29) is 10.6 Å². The largest absolute Gasteiger partial charge is 0.388 e. The molecule has 1 fully saturated rings. The van der Waals surface area contributed by atoms with Crippen molar-refractivity contribution in [2.75, 3.05) is 25.0 Å². The van der Waals surface area contributed by atoms with Crippen LogP contribution in [0, 0.1) is 10.1 Å². The number of nitro groups is 1. The molecule has 0 radical (unpaired) electrons. The first-order chi connectivity index (χ1) is 9.31. The van der Waals surface area contributed by atoms with Gasteiger partial charge in [-0.1, -0.05) is 0 Å². The molecule has 0 amide bonds. The zero-order valence-corrected chi connectivity index (χ0v) is 13.1. The van der Waals surface area contributed by atoms with Crippen molar-refractivity contribution in [3.05, 3.63) is 21.1 Å². The number of thiophene rings is 1. The molecule has 1 saturated heterocycles. The molecule has 0 bridgehead atoms. The number of piperazine rings is 1. The highest BCUT2D eigenvalue weighted by molar-refractivity contribution is 7.16. The van der Waals surface area contributed by atoms with E-state index < -0.39 is 6.10 Å². The van der Waals surface area contributed by atoms with Gasteiger partial charge >= 0.3 is 5.69 Å². The fraction of sp³-hybridized carbons (Fsp3) is 0.692. The van der Waals surface area contributed by atoms with Gasteiger partial charge < -0.3 is 10.0 Å². The number of nitrogens with zero attached hydrogens (tertiary/aromatic N) is 3. The highest BCUT2D eigenvalue weighted by Gasteiger charge is 2.32. The lowest BCUT2D eigenvalue weighted by molar-refractivity contribution is -0.383. The molecule has 0 spiro atoms. The predicted octanol–water partition coefficient (Wildman–Crippen LogP) is 2.24. The van der Waals surface area contributed by atoms with Gasteiger partial charge in [0.25, 0.3) is 0 Å². The molecular formula is C13H21N3O3S. The molecular weight excluding hydrogens is 278 g/mol. The smallest absolute Gasteiger partial charge is 0.304 e. The molecule has 1 aromatic heterocycles. The van der Waals surface area contributed by atoms with Gasteiger partial charge in [0.05, 0.1) is 11.0 Å². The molecule has 2 rings (SSSR count). The second-order valence-corrected chi connectivity index (χ2v) is 6.60. The average molecular weight is 299 g/mol. The summed E-state index contributed by atoms with van der Waals surface area (Å²) in [6, 6.07) is 2.18. The summed E-state index contributed by atoms with van der Waals surface area (Å²) in [7, 11) is 2.08. The van der Waals surface area contributed by atoms with Gasteiger partial charge in [0.1, 0.15) is 0 Å². The van der Waals surface area contributed by atoms with Gasteiger partial charge in [-0.25, -0.2) is 0 Å². The van der Waals surface area contributed by atoms with Crippen molar-refractivity contribution < 1.29 is 10.0 Å². The van der Waals surface area contributed by atoms with E-state index in [1.54, 1.807) is 6.92 Å². The van der Waals surface area contributed by atoms with Gasteiger partial charge in [-0.3, -0.25) is 15.0 Å². The van der Waals surface area contributed by atoms with Gasteiger partial charge in [-0.05, 0) is 27.8 Å². The number of hydrogen-bond acceptors (Lipinski definition) is 6. The summed E-state index contributed by atoms with van der Waals surface area (Å²) in [4.78, 5) is 15.9. The maximum Gasteiger partial charge on any atom is 0.304 e. The Morgan fingerprint density at radius 1 is 1.45 bits per heavy atom. The topological polar surface area (TPSA) is 69.8 Å². The molecule has 2 unspecified atom stereocenters. The van der Waals surface area contributed by atoms with Crippen LogP contribution in [0.3, 0.4) is 0 Å². The Morgan fingerprint density at radius 2 is 2.00 bits per heavy atom. The Hall–Kier alpha value is -1.18. The molecule has 1 aromatic rings. The first-order valence-electron chi connectivity index (χ1n) is 6.74. The molecule has 0 aliphatic carbocycles. The number of rotatable bonds is 3. The Balaban J connectivity index is 2.34. The number of aliphatic hydroxyl groups is 1. The molecule has 1 N–H and O–H groups in total. The minimum atomic E-state index is -0.672. The van der Waals surface area contributed by atoms with E-state index in [1.165, 1.54) is 17.4 Å². The van der Waals surface area contributed by atoms with Crippen LogP contribution in [0.4, 0.5) is 10.7 Å². The second-order valence-electron chi connectivity index (χ2n) is 5.54.